The van der Waals surface area contributed by atoms with Gasteiger partial charge in [-0.05, 0) is 26.1 Å². The summed E-state index contributed by atoms with van der Waals surface area (Å²) >= 11 is 4.34. The van der Waals surface area contributed by atoms with E-state index in [1.54, 1.807) is 0 Å². The average molecular weight is 252 g/mol. The van der Waals surface area contributed by atoms with Gasteiger partial charge in [0.25, 0.3) is 0 Å². The van der Waals surface area contributed by atoms with Gasteiger partial charge < -0.3 is 10.2 Å². The molecule has 0 aliphatic rings. The van der Waals surface area contributed by atoms with Crippen LogP contribution in [-0.4, -0.2) is 43.2 Å². The van der Waals surface area contributed by atoms with E-state index in [4.69, 9.17) is 0 Å². The molecule has 0 fully saturated rings. The zero-order chi connectivity index (χ0) is 12.7. The third-order valence-electron chi connectivity index (χ3n) is 2.43. The van der Waals surface area contributed by atoms with Gasteiger partial charge in [-0.15, -0.1) is 0 Å². The number of rotatable bonds is 6. The van der Waals surface area contributed by atoms with Gasteiger partial charge >= 0.3 is 0 Å². The molecule has 0 saturated heterocycles. The Morgan fingerprint density at radius 2 is 2.00 bits per heavy atom. The summed E-state index contributed by atoms with van der Waals surface area (Å²) in [5, 5.41) is 2.60. The van der Waals surface area contributed by atoms with Gasteiger partial charge in [0.1, 0.15) is 0 Å². The van der Waals surface area contributed by atoms with Crippen molar-refractivity contribution in [2.75, 3.05) is 27.2 Å². The Balaban J connectivity index is 2.32. The highest BCUT2D eigenvalue weighted by Crippen LogP contribution is 2.07. The average Bonchev–Trinajstić information content (AvgIpc) is 2.29. The molecule has 0 radical (unpaired) electrons. The first-order valence-electron chi connectivity index (χ1n) is 5.74. The van der Waals surface area contributed by atoms with E-state index in [0.29, 0.717) is 13.0 Å². The van der Waals surface area contributed by atoms with Crippen LogP contribution in [0.1, 0.15) is 5.56 Å². The van der Waals surface area contributed by atoms with Crippen molar-refractivity contribution in [2.24, 2.45) is 0 Å². The SMILES string of the molecule is CN(C)CCNC(=O)C(S)Cc1ccccc1. The van der Waals surface area contributed by atoms with Crippen molar-refractivity contribution < 1.29 is 4.79 Å². The molecule has 0 heterocycles. The van der Waals surface area contributed by atoms with Crippen molar-refractivity contribution in [1.82, 2.24) is 10.2 Å². The Labute approximate surface area is 109 Å². The highest BCUT2D eigenvalue weighted by molar-refractivity contribution is 7.81. The van der Waals surface area contributed by atoms with Crippen molar-refractivity contribution in [1.29, 1.82) is 0 Å². The summed E-state index contributed by atoms with van der Waals surface area (Å²) in [4.78, 5) is 13.8. The van der Waals surface area contributed by atoms with Crippen LogP contribution in [0.2, 0.25) is 0 Å². The molecule has 0 bridgehead atoms. The summed E-state index contributed by atoms with van der Waals surface area (Å²) in [6, 6.07) is 9.93. The van der Waals surface area contributed by atoms with Crippen LogP contribution in [0.15, 0.2) is 30.3 Å². The Morgan fingerprint density at radius 1 is 1.35 bits per heavy atom. The summed E-state index contributed by atoms with van der Waals surface area (Å²) in [6.45, 7) is 1.51. The van der Waals surface area contributed by atoms with E-state index in [9.17, 15) is 4.79 Å². The molecule has 1 amide bonds. The lowest BCUT2D eigenvalue weighted by Crippen LogP contribution is -2.37. The third-order valence-corrected chi connectivity index (χ3v) is 2.85. The largest absolute Gasteiger partial charge is 0.354 e. The van der Waals surface area contributed by atoms with Gasteiger partial charge in [-0.25, -0.2) is 0 Å². The van der Waals surface area contributed by atoms with Gasteiger partial charge in [0.15, 0.2) is 0 Å². The molecule has 1 atom stereocenters. The molecular formula is C13H20N2OS. The molecule has 1 unspecified atom stereocenters. The van der Waals surface area contributed by atoms with E-state index in [2.05, 4.69) is 17.9 Å². The van der Waals surface area contributed by atoms with Crippen LogP contribution in [0.4, 0.5) is 0 Å². The molecule has 17 heavy (non-hydrogen) atoms. The second kappa shape index (κ2) is 7.35. The lowest BCUT2D eigenvalue weighted by atomic mass is 10.1. The van der Waals surface area contributed by atoms with E-state index in [1.807, 2.05) is 49.3 Å². The molecule has 3 nitrogen and oxygen atoms in total. The molecule has 4 heteroatoms. The number of hydrogen-bond donors (Lipinski definition) is 2. The topological polar surface area (TPSA) is 32.3 Å². The number of carbonyl (C=O) groups is 1. The predicted octanol–water partition coefficient (Wildman–Crippen LogP) is 1.21. The smallest absolute Gasteiger partial charge is 0.233 e. The third kappa shape index (κ3) is 5.75. The quantitative estimate of drug-likeness (QED) is 0.746. The van der Waals surface area contributed by atoms with Crippen molar-refractivity contribution in [3.63, 3.8) is 0 Å². The highest BCUT2D eigenvalue weighted by atomic mass is 32.1. The number of amides is 1. The zero-order valence-corrected chi connectivity index (χ0v) is 11.3. The summed E-state index contributed by atoms with van der Waals surface area (Å²) in [5.41, 5.74) is 1.13. The highest BCUT2D eigenvalue weighted by Gasteiger charge is 2.13. The molecule has 1 aromatic rings. The molecule has 0 saturated carbocycles. The normalized spacial score (nSPS) is 12.5. The Hall–Kier alpha value is -1.00. The first kappa shape index (κ1) is 14.1. The van der Waals surface area contributed by atoms with Crippen LogP contribution in [0.3, 0.4) is 0 Å². The summed E-state index contributed by atoms with van der Waals surface area (Å²) in [7, 11) is 3.96. The van der Waals surface area contributed by atoms with Crippen LogP contribution in [0.5, 0.6) is 0 Å². The van der Waals surface area contributed by atoms with Crippen LogP contribution in [0, 0.1) is 0 Å². The van der Waals surface area contributed by atoms with Crippen molar-refractivity contribution >= 4 is 18.5 Å². The van der Waals surface area contributed by atoms with Crippen molar-refractivity contribution in [3.8, 4) is 0 Å². The Kier molecular flexibility index (Phi) is 6.08. The molecular weight excluding hydrogens is 232 g/mol. The fourth-order valence-electron chi connectivity index (χ4n) is 1.45. The van der Waals surface area contributed by atoms with E-state index in [1.165, 1.54) is 0 Å². The van der Waals surface area contributed by atoms with E-state index in [0.717, 1.165) is 12.1 Å². The number of likely N-dealkylation sites (N-methyl/N-ethyl adjacent to an activating group) is 1. The number of benzene rings is 1. The summed E-state index contributed by atoms with van der Waals surface area (Å²) in [5.74, 6) is -0.000892. The van der Waals surface area contributed by atoms with Gasteiger partial charge in [-0.1, -0.05) is 30.3 Å². The minimum Gasteiger partial charge on any atom is -0.354 e. The number of thiol groups is 1. The fraction of sp³-hybridized carbons (Fsp3) is 0.462. The lowest BCUT2D eigenvalue weighted by molar-refractivity contribution is -0.120. The first-order chi connectivity index (χ1) is 8.09. The molecule has 1 aromatic carbocycles. The fourth-order valence-corrected chi connectivity index (χ4v) is 1.75. The molecule has 0 aromatic heterocycles. The molecule has 94 valence electrons. The van der Waals surface area contributed by atoms with Gasteiger partial charge in [0, 0.05) is 13.1 Å². The molecule has 1 N–H and O–H groups in total. The monoisotopic (exact) mass is 252 g/mol. The van der Waals surface area contributed by atoms with Gasteiger partial charge in [-0.3, -0.25) is 4.79 Å². The van der Waals surface area contributed by atoms with Crippen LogP contribution < -0.4 is 5.32 Å². The maximum absolute atomic E-state index is 11.7. The van der Waals surface area contributed by atoms with Gasteiger partial charge in [-0.2, -0.15) is 12.6 Å². The van der Waals surface area contributed by atoms with Gasteiger partial charge in [0.05, 0.1) is 5.25 Å². The maximum Gasteiger partial charge on any atom is 0.233 e. The molecule has 0 spiro atoms. The van der Waals surface area contributed by atoms with E-state index < -0.39 is 0 Å². The predicted molar refractivity (Wildman–Crippen MR) is 74.5 cm³/mol. The zero-order valence-electron chi connectivity index (χ0n) is 10.4. The second-order valence-corrected chi connectivity index (χ2v) is 4.92. The number of nitrogens with zero attached hydrogens (tertiary/aromatic N) is 1. The molecule has 0 aliphatic heterocycles. The summed E-state index contributed by atoms with van der Waals surface area (Å²) < 4.78 is 0. The summed E-state index contributed by atoms with van der Waals surface area (Å²) in [6.07, 6.45) is 0.664. The number of carbonyl (C=O) groups excluding carboxylic acids is 1. The minimum atomic E-state index is -0.278. The Bertz CT molecular complexity index is 341. The van der Waals surface area contributed by atoms with Crippen LogP contribution in [0.25, 0.3) is 0 Å². The molecule has 0 aliphatic carbocycles. The maximum atomic E-state index is 11.7. The van der Waals surface area contributed by atoms with Crippen molar-refractivity contribution in [2.45, 2.75) is 11.7 Å². The standard InChI is InChI=1S/C13H20N2OS/c1-15(2)9-8-14-13(16)12(17)10-11-6-4-3-5-7-11/h3-7,12,17H,8-10H2,1-2H3,(H,14,16). The minimum absolute atomic E-state index is 0.000892. The van der Waals surface area contributed by atoms with Crippen molar-refractivity contribution in [3.05, 3.63) is 35.9 Å². The first-order valence-corrected chi connectivity index (χ1v) is 6.25. The molecule has 1 rings (SSSR count). The van der Waals surface area contributed by atoms with Crippen LogP contribution >= 0.6 is 12.6 Å². The lowest BCUT2D eigenvalue weighted by Gasteiger charge is -2.13. The number of hydrogen-bond acceptors (Lipinski definition) is 3. The Morgan fingerprint density at radius 3 is 2.59 bits per heavy atom. The van der Waals surface area contributed by atoms with E-state index in [-0.39, 0.29) is 11.2 Å². The number of nitrogens with one attached hydrogen (secondary N) is 1. The van der Waals surface area contributed by atoms with Crippen LogP contribution in [-0.2, 0) is 11.2 Å². The second-order valence-electron chi connectivity index (χ2n) is 4.30. The van der Waals surface area contributed by atoms with E-state index >= 15 is 0 Å². The van der Waals surface area contributed by atoms with Gasteiger partial charge in [0.2, 0.25) is 5.91 Å².